The van der Waals surface area contributed by atoms with Gasteiger partial charge in [-0.15, -0.1) is 11.3 Å². The molecule has 0 unspecified atom stereocenters. The first-order valence-electron chi connectivity index (χ1n) is 12.6. The number of amides is 2. The predicted molar refractivity (Wildman–Crippen MR) is 154 cm³/mol. The van der Waals surface area contributed by atoms with Gasteiger partial charge in [-0.2, -0.15) is 15.2 Å². The van der Waals surface area contributed by atoms with Crippen molar-refractivity contribution in [2.75, 3.05) is 30.4 Å². The molecule has 2 amide bonds. The number of hydrogen-bond acceptors (Lipinski definition) is 9. The van der Waals surface area contributed by atoms with E-state index in [4.69, 9.17) is 16.3 Å². The molecule has 41 heavy (non-hydrogen) atoms. The first-order chi connectivity index (χ1) is 19.4. The van der Waals surface area contributed by atoms with Gasteiger partial charge in [0, 0.05) is 37.1 Å². The van der Waals surface area contributed by atoms with Gasteiger partial charge in [-0.05, 0) is 63.1 Å². The van der Waals surface area contributed by atoms with Crippen LogP contribution in [0.25, 0.3) is 32.4 Å². The standard InChI is InChI=1S/C27H25ClFN7O4S/c1-27(2,3)40-25(37)34-23-16(11-30)19-14(5-7-17(29)20(19)41-23)18-8-6-15-21(31-18)32-24(28)33-22(15)35(4)13-9-10-36(12-13)26(38)39/h5-8,13H,9-10,12H2,1-4H3,(H,34,37)(H,38,39)/t13-/m1/s1. The summed E-state index contributed by atoms with van der Waals surface area (Å²) in [4.78, 5) is 40.4. The maximum absolute atomic E-state index is 14.9. The maximum atomic E-state index is 14.9. The number of likely N-dealkylation sites (N-methyl/N-ethyl adjacent to an activating group) is 1. The van der Waals surface area contributed by atoms with Gasteiger partial charge in [0.05, 0.1) is 21.3 Å². The molecule has 4 aromatic rings. The molecule has 1 aliphatic rings. The van der Waals surface area contributed by atoms with Crippen LogP contribution in [-0.2, 0) is 4.74 Å². The van der Waals surface area contributed by atoms with Crippen molar-refractivity contribution in [1.82, 2.24) is 19.9 Å². The molecule has 0 radical (unpaired) electrons. The van der Waals surface area contributed by atoms with Crippen molar-refractivity contribution in [3.05, 3.63) is 40.9 Å². The molecule has 212 valence electrons. The van der Waals surface area contributed by atoms with Crippen LogP contribution in [0.4, 0.5) is 24.8 Å². The van der Waals surface area contributed by atoms with Crippen LogP contribution in [0.15, 0.2) is 24.3 Å². The van der Waals surface area contributed by atoms with Crippen molar-refractivity contribution < 1.29 is 23.8 Å². The van der Waals surface area contributed by atoms with E-state index in [1.807, 2.05) is 11.9 Å². The van der Waals surface area contributed by atoms with Gasteiger partial charge < -0.3 is 19.6 Å². The Hall–Kier alpha value is -4.28. The molecule has 1 atom stereocenters. The van der Waals surface area contributed by atoms with Crippen LogP contribution in [0.2, 0.25) is 5.28 Å². The Morgan fingerprint density at radius 2 is 2.02 bits per heavy atom. The molecule has 1 saturated heterocycles. The second-order valence-electron chi connectivity index (χ2n) is 10.5. The Balaban J connectivity index is 1.57. The van der Waals surface area contributed by atoms with Crippen molar-refractivity contribution in [3.63, 3.8) is 0 Å². The van der Waals surface area contributed by atoms with Crippen molar-refractivity contribution >= 4 is 67.1 Å². The number of hydrogen-bond donors (Lipinski definition) is 2. The van der Waals surface area contributed by atoms with E-state index in [-0.39, 0.29) is 32.2 Å². The molecule has 11 nitrogen and oxygen atoms in total. The van der Waals surface area contributed by atoms with Crippen LogP contribution < -0.4 is 10.2 Å². The number of carboxylic acid groups (broad SMARTS) is 1. The summed E-state index contributed by atoms with van der Waals surface area (Å²) in [7, 11) is 1.81. The summed E-state index contributed by atoms with van der Waals surface area (Å²) in [6.07, 6.45) is -1.11. The number of ether oxygens (including phenoxy) is 1. The number of likely N-dealkylation sites (tertiary alicyclic amines) is 1. The van der Waals surface area contributed by atoms with Crippen molar-refractivity contribution in [2.24, 2.45) is 0 Å². The van der Waals surface area contributed by atoms with E-state index in [1.165, 1.54) is 17.0 Å². The largest absolute Gasteiger partial charge is 0.465 e. The topological polar surface area (TPSA) is 145 Å². The van der Waals surface area contributed by atoms with Gasteiger partial charge in [-0.1, -0.05) is 0 Å². The second kappa shape index (κ2) is 10.6. The number of benzene rings is 1. The summed E-state index contributed by atoms with van der Waals surface area (Å²) in [5.74, 6) is -0.0536. The Morgan fingerprint density at radius 1 is 1.27 bits per heavy atom. The highest BCUT2D eigenvalue weighted by Crippen LogP contribution is 2.42. The highest BCUT2D eigenvalue weighted by molar-refractivity contribution is 7.23. The minimum atomic E-state index is -0.974. The molecule has 14 heteroatoms. The highest BCUT2D eigenvalue weighted by Gasteiger charge is 2.31. The normalized spacial score (nSPS) is 15.2. The number of rotatable bonds is 4. The number of aromatic nitrogens is 3. The molecule has 2 N–H and O–H groups in total. The number of nitrogens with zero attached hydrogens (tertiary/aromatic N) is 6. The number of thiophene rings is 1. The molecule has 0 spiro atoms. The number of nitrogens with one attached hydrogen (secondary N) is 1. The third-order valence-corrected chi connectivity index (χ3v) is 7.90. The summed E-state index contributed by atoms with van der Waals surface area (Å²) >= 11 is 7.21. The Morgan fingerprint density at radius 3 is 2.68 bits per heavy atom. The van der Waals surface area contributed by atoms with Crippen molar-refractivity contribution in [2.45, 2.75) is 38.8 Å². The summed E-state index contributed by atoms with van der Waals surface area (Å²) < 4.78 is 20.4. The third kappa shape index (κ3) is 5.53. The molecule has 0 bridgehead atoms. The highest BCUT2D eigenvalue weighted by atomic mass is 35.5. The lowest BCUT2D eigenvalue weighted by Crippen LogP contribution is -2.36. The fraction of sp³-hybridized carbons (Fsp3) is 0.333. The molecule has 1 aromatic carbocycles. The average Bonchev–Trinajstić information content (AvgIpc) is 3.52. The van der Waals surface area contributed by atoms with E-state index in [0.717, 1.165) is 11.3 Å². The lowest BCUT2D eigenvalue weighted by Gasteiger charge is -2.26. The Labute approximate surface area is 243 Å². The fourth-order valence-electron chi connectivity index (χ4n) is 4.77. The van der Waals surface area contributed by atoms with Crippen molar-refractivity contribution in [1.29, 1.82) is 5.26 Å². The van der Waals surface area contributed by atoms with Gasteiger partial charge in [0.2, 0.25) is 5.28 Å². The zero-order chi connectivity index (χ0) is 29.6. The molecule has 1 fully saturated rings. The number of carbonyl (C=O) groups excluding carboxylic acids is 1. The van der Waals surface area contributed by atoms with Crippen LogP contribution in [0.3, 0.4) is 0 Å². The SMILES string of the molecule is CN(c1nc(Cl)nc2nc(-c3ccc(F)c4sc(NC(=O)OC(C)(C)C)c(C#N)c34)ccc12)[C@@H]1CCN(C(=O)O)C1. The second-order valence-corrected chi connectivity index (χ2v) is 11.9. The molecular weight excluding hydrogens is 573 g/mol. The molecule has 1 aliphatic heterocycles. The number of halogens is 2. The van der Waals surface area contributed by atoms with E-state index in [9.17, 15) is 24.3 Å². The fourth-order valence-corrected chi connectivity index (χ4v) is 6.00. The molecule has 0 saturated carbocycles. The van der Waals surface area contributed by atoms with Crippen LogP contribution in [0, 0.1) is 17.1 Å². The summed E-state index contributed by atoms with van der Waals surface area (Å²) in [5, 5.41) is 22.9. The van der Waals surface area contributed by atoms with Crippen LogP contribution >= 0.6 is 22.9 Å². The zero-order valence-electron chi connectivity index (χ0n) is 22.5. The predicted octanol–water partition coefficient (Wildman–Crippen LogP) is 6.11. The summed E-state index contributed by atoms with van der Waals surface area (Å²) in [5.41, 5.74) is 0.462. The Kier molecular flexibility index (Phi) is 7.31. The van der Waals surface area contributed by atoms with Gasteiger partial charge in [-0.3, -0.25) is 5.32 Å². The molecular formula is C27H25ClFN7O4S. The average molecular weight is 598 g/mol. The number of carbonyl (C=O) groups is 2. The van der Waals surface area contributed by atoms with E-state index in [1.54, 1.807) is 32.9 Å². The molecule has 3 aromatic heterocycles. The van der Waals surface area contributed by atoms with Crippen molar-refractivity contribution in [3.8, 4) is 17.3 Å². The number of pyridine rings is 1. The van der Waals surface area contributed by atoms with Crippen LogP contribution in [0.1, 0.15) is 32.8 Å². The van der Waals surface area contributed by atoms with E-state index in [0.29, 0.717) is 47.4 Å². The molecule has 5 rings (SSSR count). The number of nitriles is 1. The van der Waals surface area contributed by atoms with Crippen LogP contribution in [-0.4, -0.2) is 68.9 Å². The lowest BCUT2D eigenvalue weighted by atomic mass is 10.0. The minimum Gasteiger partial charge on any atom is -0.465 e. The molecule has 0 aliphatic carbocycles. The van der Waals surface area contributed by atoms with Crippen LogP contribution in [0.5, 0.6) is 0 Å². The van der Waals surface area contributed by atoms with Gasteiger partial charge in [0.25, 0.3) is 0 Å². The quantitative estimate of drug-likeness (QED) is 0.266. The smallest absolute Gasteiger partial charge is 0.412 e. The summed E-state index contributed by atoms with van der Waals surface area (Å²) in [6, 6.07) is 8.24. The third-order valence-electron chi connectivity index (χ3n) is 6.62. The zero-order valence-corrected chi connectivity index (χ0v) is 24.1. The first-order valence-corrected chi connectivity index (χ1v) is 13.8. The van der Waals surface area contributed by atoms with Gasteiger partial charge in [0.1, 0.15) is 28.3 Å². The van der Waals surface area contributed by atoms with Gasteiger partial charge >= 0.3 is 12.2 Å². The van der Waals surface area contributed by atoms with Gasteiger partial charge in [-0.25, -0.2) is 19.0 Å². The summed E-state index contributed by atoms with van der Waals surface area (Å²) in [6.45, 7) is 5.87. The molecule has 4 heterocycles. The lowest BCUT2D eigenvalue weighted by molar-refractivity contribution is 0.0636. The van der Waals surface area contributed by atoms with Gasteiger partial charge in [0.15, 0.2) is 5.65 Å². The monoisotopic (exact) mass is 597 g/mol. The van der Waals surface area contributed by atoms with E-state index < -0.39 is 23.6 Å². The van der Waals surface area contributed by atoms with E-state index in [2.05, 4.69) is 26.3 Å². The Bertz CT molecular complexity index is 1750. The number of anilines is 2. The maximum Gasteiger partial charge on any atom is 0.412 e. The van der Waals surface area contributed by atoms with E-state index >= 15 is 0 Å². The first kappa shape index (κ1) is 28.3. The minimum absolute atomic E-state index is 0.0431. The number of fused-ring (bicyclic) bond motifs is 2.